The summed E-state index contributed by atoms with van der Waals surface area (Å²) in [5.74, 6) is 1.06. The monoisotopic (exact) mass is 291 g/mol. The van der Waals surface area contributed by atoms with Crippen LogP contribution in [0.15, 0.2) is 29.9 Å². The number of rotatable bonds is 4. The first kappa shape index (κ1) is 13.8. The van der Waals surface area contributed by atoms with Gasteiger partial charge in [0.25, 0.3) is 0 Å². The van der Waals surface area contributed by atoms with Crippen LogP contribution in [-0.2, 0) is 7.05 Å². The summed E-state index contributed by atoms with van der Waals surface area (Å²) in [5.41, 5.74) is 3.66. The number of imidazole rings is 1. The van der Waals surface area contributed by atoms with Gasteiger partial charge in [-0.1, -0.05) is 6.07 Å². The van der Waals surface area contributed by atoms with Gasteiger partial charge in [0, 0.05) is 50.5 Å². The van der Waals surface area contributed by atoms with Gasteiger partial charge in [-0.15, -0.1) is 11.3 Å². The van der Waals surface area contributed by atoms with Crippen LogP contribution in [0.5, 0.6) is 0 Å². The van der Waals surface area contributed by atoms with E-state index >= 15 is 0 Å². The number of aryl methyl sites for hydroxylation is 1. The van der Waals surface area contributed by atoms with Crippen LogP contribution in [0.2, 0.25) is 0 Å². The van der Waals surface area contributed by atoms with Crippen LogP contribution in [0, 0.1) is 0 Å². The molecule has 108 valence electrons. The number of hydrogen-bond acceptors (Lipinski definition) is 5. The molecule has 0 amide bonds. The van der Waals surface area contributed by atoms with Crippen LogP contribution >= 0.6 is 11.3 Å². The number of nitrogens with one attached hydrogen (secondary N) is 1. The average Bonchev–Trinajstić information content (AvgIpc) is 3.10. The van der Waals surface area contributed by atoms with Gasteiger partial charge in [0.1, 0.15) is 11.9 Å². The normalized spacial score (nSPS) is 19.3. The van der Waals surface area contributed by atoms with Gasteiger partial charge < -0.3 is 9.47 Å². The Balaban J connectivity index is 1.78. The fourth-order valence-electron chi connectivity index (χ4n) is 2.48. The van der Waals surface area contributed by atoms with Crippen molar-refractivity contribution >= 4 is 11.3 Å². The van der Waals surface area contributed by atoms with Crippen molar-refractivity contribution in [1.82, 2.24) is 24.9 Å². The Labute approximate surface area is 123 Å². The highest BCUT2D eigenvalue weighted by Gasteiger charge is 2.23. The lowest BCUT2D eigenvalue weighted by molar-refractivity contribution is 0.0920. The fourth-order valence-corrected chi connectivity index (χ4v) is 3.24. The lowest BCUT2D eigenvalue weighted by Crippen LogP contribution is -2.52. The van der Waals surface area contributed by atoms with Crippen LogP contribution in [0.4, 0.5) is 0 Å². The molecular weight excluding hydrogens is 270 g/mol. The topological polar surface area (TPSA) is 36.3 Å². The van der Waals surface area contributed by atoms with Gasteiger partial charge in [-0.3, -0.25) is 0 Å². The van der Waals surface area contributed by atoms with Gasteiger partial charge in [-0.25, -0.2) is 15.4 Å². The molecule has 1 aliphatic rings. The molecule has 0 bridgehead atoms. The molecule has 1 aliphatic heterocycles. The second kappa shape index (κ2) is 6.05. The SMILES string of the molecule is CN1CCN(NC(c2cccs2)c2nccn2C)CC1. The van der Waals surface area contributed by atoms with Crippen molar-refractivity contribution in [3.63, 3.8) is 0 Å². The van der Waals surface area contributed by atoms with Crippen molar-refractivity contribution < 1.29 is 0 Å². The highest BCUT2D eigenvalue weighted by atomic mass is 32.1. The summed E-state index contributed by atoms with van der Waals surface area (Å²) < 4.78 is 2.09. The Kier molecular flexibility index (Phi) is 4.16. The summed E-state index contributed by atoms with van der Waals surface area (Å²) in [6, 6.07) is 4.41. The Morgan fingerprint density at radius 2 is 2.05 bits per heavy atom. The first-order valence-corrected chi connectivity index (χ1v) is 7.82. The molecular formula is C14H21N5S. The third-order valence-electron chi connectivity index (χ3n) is 3.76. The standard InChI is InChI=1S/C14H21N5S/c1-17-7-9-19(10-8-17)16-13(12-4-3-11-20-12)14-15-5-6-18(14)2/h3-6,11,13,16H,7-10H2,1-2H3. The van der Waals surface area contributed by atoms with Crippen LogP contribution in [0.3, 0.4) is 0 Å². The van der Waals surface area contributed by atoms with Crippen molar-refractivity contribution in [3.8, 4) is 0 Å². The molecule has 0 spiro atoms. The predicted octanol–water partition coefficient (Wildman–Crippen LogP) is 1.32. The summed E-state index contributed by atoms with van der Waals surface area (Å²) >= 11 is 1.77. The number of likely N-dealkylation sites (N-methyl/N-ethyl adjacent to an activating group) is 1. The van der Waals surface area contributed by atoms with Crippen LogP contribution in [0.25, 0.3) is 0 Å². The molecule has 20 heavy (non-hydrogen) atoms. The van der Waals surface area contributed by atoms with E-state index < -0.39 is 0 Å². The van der Waals surface area contributed by atoms with Crippen molar-refractivity contribution in [2.75, 3.05) is 33.2 Å². The minimum Gasteiger partial charge on any atom is -0.336 e. The Morgan fingerprint density at radius 3 is 2.65 bits per heavy atom. The van der Waals surface area contributed by atoms with E-state index in [2.05, 4.69) is 56.5 Å². The minimum atomic E-state index is 0.137. The number of nitrogens with zero attached hydrogens (tertiary/aromatic N) is 4. The molecule has 3 heterocycles. The van der Waals surface area contributed by atoms with E-state index in [1.165, 1.54) is 4.88 Å². The molecule has 1 N–H and O–H groups in total. The Morgan fingerprint density at radius 1 is 1.25 bits per heavy atom. The molecule has 1 fully saturated rings. The first-order valence-electron chi connectivity index (χ1n) is 6.94. The molecule has 3 rings (SSSR count). The van der Waals surface area contributed by atoms with E-state index in [-0.39, 0.29) is 6.04 Å². The second-order valence-electron chi connectivity index (χ2n) is 5.26. The molecule has 1 atom stereocenters. The molecule has 0 saturated carbocycles. The van der Waals surface area contributed by atoms with Crippen molar-refractivity contribution in [2.45, 2.75) is 6.04 Å². The van der Waals surface area contributed by atoms with Gasteiger partial charge in [0.2, 0.25) is 0 Å². The van der Waals surface area contributed by atoms with Crippen molar-refractivity contribution in [1.29, 1.82) is 0 Å². The molecule has 2 aromatic rings. The summed E-state index contributed by atoms with van der Waals surface area (Å²) in [6.07, 6.45) is 3.86. The maximum absolute atomic E-state index is 4.52. The lowest BCUT2D eigenvalue weighted by atomic mass is 10.2. The second-order valence-corrected chi connectivity index (χ2v) is 6.24. The zero-order chi connectivity index (χ0) is 13.9. The van der Waals surface area contributed by atoms with E-state index in [9.17, 15) is 0 Å². The third-order valence-corrected chi connectivity index (χ3v) is 4.70. The first-order chi connectivity index (χ1) is 9.74. The van der Waals surface area contributed by atoms with E-state index in [4.69, 9.17) is 0 Å². The predicted molar refractivity (Wildman–Crippen MR) is 81.6 cm³/mol. The van der Waals surface area contributed by atoms with Gasteiger partial charge in [-0.05, 0) is 18.5 Å². The Bertz CT molecular complexity index is 528. The largest absolute Gasteiger partial charge is 0.336 e. The van der Waals surface area contributed by atoms with Gasteiger partial charge in [0.05, 0.1) is 0 Å². The van der Waals surface area contributed by atoms with E-state index in [0.717, 1.165) is 32.0 Å². The minimum absolute atomic E-state index is 0.137. The molecule has 0 aliphatic carbocycles. The number of thiophene rings is 1. The fraction of sp³-hybridized carbons (Fsp3) is 0.500. The van der Waals surface area contributed by atoms with Crippen LogP contribution in [-0.4, -0.2) is 52.7 Å². The van der Waals surface area contributed by atoms with E-state index in [1.807, 2.05) is 12.4 Å². The molecule has 1 unspecified atom stereocenters. The number of piperazine rings is 1. The molecule has 2 aromatic heterocycles. The number of hydrogen-bond donors (Lipinski definition) is 1. The summed E-state index contributed by atoms with van der Waals surface area (Å²) in [4.78, 5) is 8.19. The summed E-state index contributed by atoms with van der Waals surface area (Å²) in [6.45, 7) is 4.29. The molecule has 6 heteroatoms. The van der Waals surface area contributed by atoms with E-state index in [0.29, 0.717) is 0 Å². The zero-order valence-corrected chi connectivity index (χ0v) is 12.8. The molecule has 0 radical (unpaired) electrons. The summed E-state index contributed by atoms with van der Waals surface area (Å²) in [7, 11) is 4.22. The van der Waals surface area contributed by atoms with Crippen molar-refractivity contribution in [3.05, 3.63) is 40.6 Å². The number of hydrazine groups is 1. The van der Waals surface area contributed by atoms with Crippen LogP contribution in [0.1, 0.15) is 16.7 Å². The maximum Gasteiger partial charge on any atom is 0.132 e. The maximum atomic E-state index is 4.52. The van der Waals surface area contributed by atoms with Gasteiger partial charge in [0.15, 0.2) is 0 Å². The smallest absolute Gasteiger partial charge is 0.132 e. The third kappa shape index (κ3) is 2.93. The molecule has 5 nitrogen and oxygen atoms in total. The van der Waals surface area contributed by atoms with Gasteiger partial charge >= 0.3 is 0 Å². The summed E-state index contributed by atoms with van der Waals surface area (Å²) in [5, 5.41) is 4.44. The Hall–Kier alpha value is -1.21. The highest BCUT2D eigenvalue weighted by Crippen LogP contribution is 2.25. The van der Waals surface area contributed by atoms with Gasteiger partial charge in [-0.2, -0.15) is 0 Å². The molecule has 0 aromatic carbocycles. The molecule has 1 saturated heterocycles. The average molecular weight is 291 g/mol. The van der Waals surface area contributed by atoms with Crippen LogP contribution < -0.4 is 5.43 Å². The lowest BCUT2D eigenvalue weighted by Gasteiger charge is -2.35. The van der Waals surface area contributed by atoms with E-state index in [1.54, 1.807) is 11.3 Å². The number of aromatic nitrogens is 2. The quantitative estimate of drug-likeness (QED) is 0.922. The zero-order valence-electron chi connectivity index (χ0n) is 12.0. The van der Waals surface area contributed by atoms with Crippen molar-refractivity contribution in [2.24, 2.45) is 7.05 Å². The highest BCUT2D eigenvalue weighted by molar-refractivity contribution is 7.10.